The number of hydrogen-bond donors (Lipinski definition) is 0. The summed E-state index contributed by atoms with van der Waals surface area (Å²) >= 11 is 1.31. The maximum absolute atomic E-state index is 11.4. The summed E-state index contributed by atoms with van der Waals surface area (Å²) in [6.45, 7) is 0. The number of methoxy groups -OCH3 is 2. The number of hydrogen-bond acceptors (Lipinski definition) is 7. The first-order valence-electron chi connectivity index (χ1n) is 5.11. The smallest absolute Gasteiger partial charge is 0.320 e. The molecule has 0 aromatic carbocycles. The van der Waals surface area contributed by atoms with Crippen LogP contribution in [-0.2, 0) is 23.9 Å². The number of carbonyl (C=O) groups excluding carboxylic acids is 3. The van der Waals surface area contributed by atoms with Crippen LogP contribution in [0.2, 0.25) is 0 Å². The molecule has 1 rings (SSSR count). The van der Waals surface area contributed by atoms with Crippen molar-refractivity contribution in [2.24, 2.45) is 10.9 Å². The summed E-state index contributed by atoms with van der Waals surface area (Å²) in [5.41, 5.74) is 0.566. The summed E-state index contributed by atoms with van der Waals surface area (Å²) in [4.78, 5) is 37.4. The van der Waals surface area contributed by atoms with Crippen molar-refractivity contribution in [1.29, 1.82) is 0 Å². The van der Waals surface area contributed by atoms with Gasteiger partial charge in [0.05, 0.1) is 19.3 Å². The highest BCUT2D eigenvalue weighted by atomic mass is 32.2. The van der Waals surface area contributed by atoms with Crippen LogP contribution < -0.4 is 0 Å². The molecule has 0 atom stereocenters. The number of carbonyl (C=O) groups is 3. The number of aldehydes is 1. The lowest BCUT2D eigenvalue weighted by molar-refractivity contribution is -0.158. The Balaban J connectivity index is 2.76. The van der Waals surface area contributed by atoms with Crippen molar-refractivity contribution in [1.82, 2.24) is 0 Å². The zero-order valence-electron chi connectivity index (χ0n) is 10.0. The van der Waals surface area contributed by atoms with E-state index < -0.39 is 17.9 Å². The van der Waals surface area contributed by atoms with Crippen LogP contribution in [-0.4, -0.2) is 43.2 Å². The monoisotopic (exact) mass is 271 g/mol. The number of ether oxygens (including phenoxy) is 2. The Morgan fingerprint density at radius 1 is 1.44 bits per heavy atom. The quantitative estimate of drug-likeness (QED) is 0.413. The van der Waals surface area contributed by atoms with Gasteiger partial charge in [0.2, 0.25) is 0 Å². The molecule has 1 aliphatic rings. The Kier molecular flexibility index (Phi) is 5.57. The van der Waals surface area contributed by atoms with Gasteiger partial charge in [-0.1, -0.05) is 0 Å². The minimum absolute atomic E-state index is 0.118. The van der Waals surface area contributed by atoms with Gasteiger partial charge >= 0.3 is 11.9 Å². The van der Waals surface area contributed by atoms with Gasteiger partial charge in [0.1, 0.15) is 6.29 Å². The second-order valence-corrected chi connectivity index (χ2v) is 4.49. The first kappa shape index (κ1) is 14.4. The van der Waals surface area contributed by atoms with Crippen LogP contribution in [0.5, 0.6) is 0 Å². The highest BCUT2D eigenvalue weighted by molar-refractivity contribution is 8.14. The van der Waals surface area contributed by atoms with Gasteiger partial charge in [-0.05, 0) is 0 Å². The summed E-state index contributed by atoms with van der Waals surface area (Å²) in [5, 5.41) is 0.599. The number of rotatable bonds is 5. The van der Waals surface area contributed by atoms with E-state index in [1.807, 2.05) is 0 Å². The van der Waals surface area contributed by atoms with E-state index in [0.717, 1.165) is 6.29 Å². The van der Waals surface area contributed by atoms with Crippen LogP contribution in [0.4, 0.5) is 0 Å². The van der Waals surface area contributed by atoms with Gasteiger partial charge in [0, 0.05) is 23.9 Å². The minimum Gasteiger partial charge on any atom is -0.468 e. The molecule has 1 aliphatic heterocycles. The molecule has 7 heteroatoms. The highest BCUT2D eigenvalue weighted by Crippen LogP contribution is 2.21. The summed E-state index contributed by atoms with van der Waals surface area (Å²) in [6.07, 6.45) is 2.28. The topological polar surface area (TPSA) is 82.0 Å². The zero-order chi connectivity index (χ0) is 13.5. The molecule has 0 spiro atoms. The molecule has 0 radical (unpaired) electrons. The molecule has 0 saturated heterocycles. The predicted octanol–water partition coefficient (Wildman–Crippen LogP) is 0.567. The lowest BCUT2D eigenvalue weighted by Gasteiger charge is -2.15. The van der Waals surface area contributed by atoms with E-state index in [4.69, 9.17) is 0 Å². The van der Waals surface area contributed by atoms with Crippen molar-refractivity contribution >= 4 is 35.0 Å². The molecule has 0 unspecified atom stereocenters. The van der Waals surface area contributed by atoms with Gasteiger partial charge in [-0.3, -0.25) is 19.4 Å². The number of thioether (sulfide) groups is 1. The van der Waals surface area contributed by atoms with Crippen LogP contribution >= 0.6 is 11.8 Å². The minimum atomic E-state index is -1.02. The standard InChI is InChI=1S/C11H13NO5S/c1-16-10(14)8(11(15)17-2)3-9-12-4-7(5-13)6-18-9/h4-5,8H,3,6H2,1-2H3. The molecule has 0 aromatic heterocycles. The van der Waals surface area contributed by atoms with Crippen LogP contribution in [0, 0.1) is 5.92 Å². The lowest BCUT2D eigenvalue weighted by atomic mass is 10.1. The molecule has 0 aliphatic carbocycles. The average molecular weight is 271 g/mol. The van der Waals surface area contributed by atoms with Crippen molar-refractivity contribution in [3.8, 4) is 0 Å². The van der Waals surface area contributed by atoms with Crippen LogP contribution in [0.1, 0.15) is 6.42 Å². The Labute approximate surface area is 108 Å². The Morgan fingerprint density at radius 2 is 2.06 bits per heavy atom. The van der Waals surface area contributed by atoms with Crippen LogP contribution in [0.25, 0.3) is 0 Å². The van der Waals surface area contributed by atoms with Gasteiger partial charge in [-0.25, -0.2) is 0 Å². The third kappa shape index (κ3) is 3.69. The van der Waals surface area contributed by atoms with E-state index >= 15 is 0 Å². The van der Waals surface area contributed by atoms with Gasteiger partial charge in [-0.2, -0.15) is 0 Å². The van der Waals surface area contributed by atoms with Crippen LogP contribution in [0.3, 0.4) is 0 Å². The van der Waals surface area contributed by atoms with Crippen molar-refractivity contribution in [3.63, 3.8) is 0 Å². The molecule has 0 saturated carbocycles. The van der Waals surface area contributed by atoms with E-state index in [-0.39, 0.29) is 6.42 Å². The average Bonchev–Trinajstić information content (AvgIpc) is 2.43. The van der Waals surface area contributed by atoms with Crippen molar-refractivity contribution in [2.45, 2.75) is 6.42 Å². The summed E-state index contributed by atoms with van der Waals surface area (Å²) in [7, 11) is 2.41. The van der Waals surface area contributed by atoms with E-state index in [9.17, 15) is 14.4 Å². The third-order valence-corrected chi connectivity index (χ3v) is 3.36. The van der Waals surface area contributed by atoms with Gasteiger partial charge < -0.3 is 9.47 Å². The third-order valence-electron chi connectivity index (χ3n) is 2.28. The van der Waals surface area contributed by atoms with Crippen molar-refractivity contribution in [3.05, 3.63) is 11.8 Å². The first-order chi connectivity index (χ1) is 8.62. The largest absolute Gasteiger partial charge is 0.468 e. The first-order valence-corrected chi connectivity index (χ1v) is 6.10. The molecule has 0 bridgehead atoms. The van der Waals surface area contributed by atoms with E-state index in [1.54, 1.807) is 0 Å². The molecule has 0 amide bonds. The zero-order valence-corrected chi connectivity index (χ0v) is 10.9. The molecule has 18 heavy (non-hydrogen) atoms. The second-order valence-electron chi connectivity index (χ2n) is 3.44. The fraction of sp³-hybridized carbons (Fsp3) is 0.455. The Hall–Kier alpha value is -1.63. The fourth-order valence-electron chi connectivity index (χ4n) is 1.29. The summed E-state index contributed by atoms with van der Waals surface area (Å²) in [5.74, 6) is -1.85. The number of nitrogens with zero attached hydrogens (tertiary/aromatic N) is 1. The van der Waals surface area contributed by atoms with E-state index in [2.05, 4.69) is 14.5 Å². The SMILES string of the molecule is COC(=O)C(CC1=NC=C(C=O)CS1)C(=O)OC. The molecule has 1 heterocycles. The maximum Gasteiger partial charge on any atom is 0.320 e. The molecular formula is C11H13NO5S. The summed E-state index contributed by atoms with van der Waals surface area (Å²) in [6, 6.07) is 0. The Morgan fingerprint density at radius 3 is 2.44 bits per heavy atom. The summed E-state index contributed by atoms with van der Waals surface area (Å²) < 4.78 is 9.09. The number of aliphatic imine (C=N–C) groups is 1. The normalized spacial score (nSPS) is 14.6. The Bertz CT molecular complexity index is 400. The molecule has 0 N–H and O–H groups in total. The van der Waals surface area contributed by atoms with E-state index in [0.29, 0.717) is 16.4 Å². The predicted molar refractivity (Wildman–Crippen MR) is 66.2 cm³/mol. The van der Waals surface area contributed by atoms with Crippen molar-refractivity contribution in [2.75, 3.05) is 20.0 Å². The van der Waals surface area contributed by atoms with Gasteiger partial charge in [-0.15, -0.1) is 11.8 Å². The maximum atomic E-state index is 11.4. The molecule has 6 nitrogen and oxygen atoms in total. The lowest BCUT2D eigenvalue weighted by Crippen LogP contribution is -2.28. The van der Waals surface area contributed by atoms with Gasteiger partial charge in [0.25, 0.3) is 0 Å². The van der Waals surface area contributed by atoms with E-state index in [1.165, 1.54) is 32.2 Å². The van der Waals surface area contributed by atoms with Crippen molar-refractivity contribution < 1.29 is 23.9 Å². The van der Waals surface area contributed by atoms with Crippen LogP contribution in [0.15, 0.2) is 16.8 Å². The molecule has 0 aromatic rings. The van der Waals surface area contributed by atoms with Gasteiger partial charge in [0.15, 0.2) is 5.92 Å². The number of esters is 2. The molecular weight excluding hydrogens is 258 g/mol. The highest BCUT2D eigenvalue weighted by Gasteiger charge is 2.30. The molecule has 0 fully saturated rings. The fourth-order valence-corrected chi connectivity index (χ4v) is 2.18. The molecule has 98 valence electrons. The second kappa shape index (κ2) is 6.95.